The van der Waals surface area contributed by atoms with Gasteiger partial charge >= 0.3 is 0 Å². The molecule has 4 heterocycles. The lowest BCUT2D eigenvalue weighted by molar-refractivity contribution is -0.0952. The van der Waals surface area contributed by atoms with Crippen LogP contribution in [0.15, 0.2) is 6.07 Å². The smallest absolute Gasteiger partial charge is 0.274 e. The minimum absolute atomic E-state index is 0.0318. The molecule has 3 aliphatic rings. The number of likely N-dealkylation sites (tertiary alicyclic amines) is 2. The second kappa shape index (κ2) is 5.60. The number of ether oxygens (including phenoxy) is 1. The number of carbonyl (C=O) groups excluding carboxylic acids is 1. The van der Waals surface area contributed by atoms with Crippen LogP contribution in [-0.4, -0.2) is 69.9 Å². The fourth-order valence-corrected chi connectivity index (χ4v) is 4.18. The second-order valence-corrected chi connectivity index (χ2v) is 7.40. The van der Waals surface area contributed by atoms with Gasteiger partial charge in [-0.2, -0.15) is 5.10 Å². The molecular formula is C17H26N4O2. The molecule has 0 aromatic carbocycles. The summed E-state index contributed by atoms with van der Waals surface area (Å²) < 4.78 is 7.88. The van der Waals surface area contributed by atoms with Crippen LogP contribution in [0.25, 0.3) is 0 Å². The standard InChI is InChI=1S/C17H26N4O2/c1-13-8-15(18-19(13)2)16(22)21-11-17(12-21)9-14(10-23-17)20-6-4-3-5-7-20/h8,14H,3-7,9-12H2,1-2H3. The lowest BCUT2D eigenvalue weighted by Crippen LogP contribution is -2.63. The number of amides is 1. The van der Waals surface area contributed by atoms with Crippen molar-refractivity contribution < 1.29 is 9.53 Å². The zero-order valence-electron chi connectivity index (χ0n) is 14.1. The molecule has 1 aromatic heterocycles. The van der Waals surface area contributed by atoms with Gasteiger partial charge in [0.15, 0.2) is 5.69 Å². The molecule has 3 aliphatic heterocycles. The minimum atomic E-state index is -0.0956. The topological polar surface area (TPSA) is 50.6 Å². The Labute approximate surface area is 137 Å². The van der Waals surface area contributed by atoms with Crippen molar-refractivity contribution >= 4 is 5.91 Å². The summed E-state index contributed by atoms with van der Waals surface area (Å²) in [6.07, 6.45) is 5.05. The van der Waals surface area contributed by atoms with E-state index in [2.05, 4.69) is 10.00 Å². The van der Waals surface area contributed by atoms with Crippen molar-refractivity contribution in [1.29, 1.82) is 0 Å². The van der Waals surface area contributed by atoms with E-state index in [1.54, 1.807) is 4.68 Å². The van der Waals surface area contributed by atoms with Gasteiger partial charge in [0, 0.05) is 18.8 Å². The highest BCUT2D eigenvalue weighted by atomic mass is 16.5. The van der Waals surface area contributed by atoms with Crippen LogP contribution < -0.4 is 0 Å². The van der Waals surface area contributed by atoms with Crippen LogP contribution in [0.1, 0.15) is 41.9 Å². The molecule has 23 heavy (non-hydrogen) atoms. The maximum Gasteiger partial charge on any atom is 0.274 e. The highest BCUT2D eigenvalue weighted by Crippen LogP contribution is 2.38. The molecule has 1 amide bonds. The lowest BCUT2D eigenvalue weighted by atomic mass is 9.88. The third-order valence-corrected chi connectivity index (χ3v) is 5.67. The molecule has 0 radical (unpaired) electrons. The second-order valence-electron chi connectivity index (χ2n) is 7.40. The van der Waals surface area contributed by atoms with Crippen LogP contribution in [0.5, 0.6) is 0 Å². The molecule has 0 bridgehead atoms. The van der Waals surface area contributed by atoms with Crippen LogP contribution in [0.3, 0.4) is 0 Å². The Bertz CT molecular complexity index is 580. The van der Waals surface area contributed by atoms with Crippen molar-refractivity contribution in [3.63, 3.8) is 0 Å². The summed E-state index contributed by atoms with van der Waals surface area (Å²) in [4.78, 5) is 17.0. The largest absolute Gasteiger partial charge is 0.370 e. The van der Waals surface area contributed by atoms with Gasteiger partial charge in [0.05, 0.1) is 19.7 Å². The van der Waals surface area contributed by atoms with Crippen LogP contribution in [0, 0.1) is 6.92 Å². The Morgan fingerprint density at radius 2 is 2.04 bits per heavy atom. The zero-order valence-corrected chi connectivity index (χ0v) is 14.1. The number of carbonyl (C=O) groups is 1. The minimum Gasteiger partial charge on any atom is -0.370 e. The van der Waals surface area contributed by atoms with Gasteiger partial charge in [-0.15, -0.1) is 0 Å². The average Bonchev–Trinajstić information content (AvgIpc) is 3.11. The molecule has 6 nitrogen and oxygen atoms in total. The van der Waals surface area contributed by atoms with Gasteiger partial charge < -0.3 is 9.64 Å². The highest BCUT2D eigenvalue weighted by Gasteiger charge is 2.52. The number of aromatic nitrogens is 2. The van der Waals surface area contributed by atoms with Gasteiger partial charge in [0.2, 0.25) is 0 Å². The number of piperidine rings is 1. The van der Waals surface area contributed by atoms with E-state index in [1.807, 2.05) is 24.9 Å². The third-order valence-electron chi connectivity index (χ3n) is 5.67. The number of hydrogen-bond donors (Lipinski definition) is 0. The Hall–Kier alpha value is -1.40. The Balaban J connectivity index is 1.35. The van der Waals surface area contributed by atoms with Crippen molar-refractivity contribution in [2.24, 2.45) is 7.05 Å². The van der Waals surface area contributed by atoms with Gasteiger partial charge in [-0.3, -0.25) is 14.4 Å². The first-order valence-corrected chi connectivity index (χ1v) is 8.74. The fraction of sp³-hybridized carbons (Fsp3) is 0.765. The van der Waals surface area contributed by atoms with Crippen LogP contribution in [-0.2, 0) is 11.8 Å². The normalized spacial score (nSPS) is 27.4. The van der Waals surface area contributed by atoms with Crippen LogP contribution in [0.4, 0.5) is 0 Å². The summed E-state index contributed by atoms with van der Waals surface area (Å²) in [7, 11) is 1.87. The quantitative estimate of drug-likeness (QED) is 0.822. The van der Waals surface area contributed by atoms with Crippen LogP contribution >= 0.6 is 0 Å². The number of aryl methyl sites for hydroxylation is 2. The van der Waals surface area contributed by atoms with E-state index in [1.165, 1.54) is 32.4 Å². The van der Waals surface area contributed by atoms with E-state index in [4.69, 9.17) is 4.74 Å². The first-order chi connectivity index (χ1) is 11.1. The van der Waals surface area contributed by atoms with E-state index in [0.717, 1.165) is 18.7 Å². The molecule has 1 unspecified atom stereocenters. The molecule has 3 saturated heterocycles. The first-order valence-electron chi connectivity index (χ1n) is 8.74. The molecule has 126 valence electrons. The summed E-state index contributed by atoms with van der Waals surface area (Å²) in [5.74, 6) is 0.0318. The summed E-state index contributed by atoms with van der Waals surface area (Å²) in [5.41, 5.74) is 1.46. The first kappa shape index (κ1) is 15.1. The van der Waals surface area contributed by atoms with E-state index in [9.17, 15) is 4.79 Å². The molecule has 1 spiro atoms. The Morgan fingerprint density at radius 3 is 2.70 bits per heavy atom. The predicted octanol–water partition coefficient (Wildman–Crippen LogP) is 1.20. The molecule has 1 atom stereocenters. The summed E-state index contributed by atoms with van der Waals surface area (Å²) in [6.45, 7) is 6.63. The van der Waals surface area contributed by atoms with Crippen molar-refractivity contribution in [2.75, 3.05) is 32.8 Å². The van der Waals surface area contributed by atoms with Crippen molar-refractivity contribution in [2.45, 2.75) is 44.2 Å². The summed E-state index contributed by atoms with van der Waals surface area (Å²) in [6, 6.07) is 2.41. The monoisotopic (exact) mass is 318 g/mol. The van der Waals surface area contributed by atoms with E-state index < -0.39 is 0 Å². The Morgan fingerprint density at radius 1 is 1.30 bits per heavy atom. The maximum atomic E-state index is 12.5. The predicted molar refractivity (Wildman–Crippen MR) is 86.4 cm³/mol. The van der Waals surface area contributed by atoms with Crippen molar-refractivity contribution in [3.05, 3.63) is 17.5 Å². The number of rotatable bonds is 2. The van der Waals surface area contributed by atoms with Gasteiger partial charge in [0.25, 0.3) is 5.91 Å². The number of nitrogens with zero attached hydrogens (tertiary/aromatic N) is 4. The maximum absolute atomic E-state index is 12.5. The van der Waals surface area contributed by atoms with Gasteiger partial charge in [-0.05, 0) is 45.3 Å². The van der Waals surface area contributed by atoms with Gasteiger partial charge in [-0.25, -0.2) is 0 Å². The van der Waals surface area contributed by atoms with E-state index in [0.29, 0.717) is 24.8 Å². The van der Waals surface area contributed by atoms with E-state index in [-0.39, 0.29) is 11.5 Å². The average molecular weight is 318 g/mol. The van der Waals surface area contributed by atoms with Crippen molar-refractivity contribution in [3.8, 4) is 0 Å². The van der Waals surface area contributed by atoms with Gasteiger partial charge in [0.1, 0.15) is 5.60 Å². The molecule has 4 rings (SSSR count). The molecule has 0 saturated carbocycles. The fourth-order valence-electron chi connectivity index (χ4n) is 4.18. The SMILES string of the molecule is Cc1cc(C(=O)N2CC3(CC(N4CCCCC4)CO3)C2)nn1C. The molecule has 6 heteroatoms. The number of hydrogen-bond acceptors (Lipinski definition) is 4. The highest BCUT2D eigenvalue weighted by molar-refractivity contribution is 5.93. The summed E-state index contributed by atoms with van der Waals surface area (Å²) >= 11 is 0. The van der Waals surface area contributed by atoms with Gasteiger partial charge in [-0.1, -0.05) is 6.42 Å². The molecule has 3 fully saturated rings. The van der Waals surface area contributed by atoms with Crippen LogP contribution in [0.2, 0.25) is 0 Å². The molecular weight excluding hydrogens is 292 g/mol. The lowest BCUT2D eigenvalue weighted by Gasteiger charge is -2.47. The molecule has 0 aliphatic carbocycles. The van der Waals surface area contributed by atoms with E-state index >= 15 is 0 Å². The Kier molecular flexibility index (Phi) is 3.69. The molecule has 1 aromatic rings. The molecule has 0 N–H and O–H groups in total. The summed E-state index contributed by atoms with van der Waals surface area (Å²) in [5, 5.41) is 4.29. The third kappa shape index (κ3) is 2.68. The van der Waals surface area contributed by atoms with Crippen molar-refractivity contribution in [1.82, 2.24) is 19.6 Å². The zero-order chi connectivity index (χ0) is 16.0.